The number of imidazole rings is 1. The zero-order valence-electron chi connectivity index (χ0n) is 13.4. The second kappa shape index (κ2) is 5.34. The van der Waals surface area contributed by atoms with Gasteiger partial charge in [-0.2, -0.15) is 0 Å². The van der Waals surface area contributed by atoms with Crippen LogP contribution in [0.3, 0.4) is 0 Å². The van der Waals surface area contributed by atoms with E-state index in [0.29, 0.717) is 12.0 Å². The molecule has 21 heavy (non-hydrogen) atoms. The fourth-order valence-electron chi connectivity index (χ4n) is 4.01. The molecule has 1 aliphatic carbocycles. The smallest absolute Gasteiger partial charge is 0.313 e. The van der Waals surface area contributed by atoms with Crippen LogP contribution in [0, 0.1) is 11.8 Å². The van der Waals surface area contributed by atoms with Crippen LogP contribution in [-0.4, -0.2) is 16.2 Å². The molecular formula is C17H25N3O. The van der Waals surface area contributed by atoms with E-state index in [-0.39, 0.29) is 5.69 Å². The van der Waals surface area contributed by atoms with Gasteiger partial charge in [0.1, 0.15) is 0 Å². The Bertz CT molecular complexity index is 713. The van der Waals surface area contributed by atoms with E-state index in [1.165, 1.54) is 24.8 Å². The highest BCUT2D eigenvalue weighted by Gasteiger charge is 2.31. The van der Waals surface area contributed by atoms with Crippen molar-refractivity contribution in [3.05, 3.63) is 34.2 Å². The van der Waals surface area contributed by atoms with E-state index < -0.39 is 0 Å². The Balaban J connectivity index is 2.07. The van der Waals surface area contributed by atoms with Crippen LogP contribution in [0.1, 0.15) is 37.8 Å². The van der Waals surface area contributed by atoms with Crippen LogP contribution in [0.4, 0.5) is 0 Å². The number of aryl methyl sites for hydroxylation is 2. The van der Waals surface area contributed by atoms with Gasteiger partial charge in [0.05, 0.1) is 11.0 Å². The van der Waals surface area contributed by atoms with E-state index in [9.17, 15) is 4.79 Å². The Labute approximate surface area is 125 Å². The molecule has 114 valence electrons. The van der Waals surface area contributed by atoms with Crippen molar-refractivity contribution < 1.29 is 0 Å². The van der Waals surface area contributed by atoms with Gasteiger partial charge < -0.3 is 5.32 Å². The number of aromatic nitrogens is 2. The first-order valence-electron chi connectivity index (χ1n) is 7.87. The summed E-state index contributed by atoms with van der Waals surface area (Å²) in [5.41, 5.74) is 3.36. The van der Waals surface area contributed by atoms with Gasteiger partial charge in [0.15, 0.2) is 0 Å². The summed E-state index contributed by atoms with van der Waals surface area (Å²) in [4.78, 5) is 12.1. The highest BCUT2D eigenvalue weighted by atomic mass is 16.1. The van der Waals surface area contributed by atoms with Crippen molar-refractivity contribution in [2.75, 3.05) is 7.05 Å². The molecule has 4 heteroatoms. The van der Waals surface area contributed by atoms with Crippen molar-refractivity contribution in [2.24, 2.45) is 25.9 Å². The number of fused-ring (bicyclic) bond motifs is 1. The fourth-order valence-corrected chi connectivity index (χ4v) is 4.01. The summed E-state index contributed by atoms with van der Waals surface area (Å²) in [7, 11) is 5.73. The van der Waals surface area contributed by atoms with Gasteiger partial charge in [-0.25, -0.2) is 4.79 Å². The molecule has 4 nitrogen and oxygen atoms in total. The Hall–Kier alpha value is -1.55. The molecule has 3 unspecified atom stereocenters. The summed E-state index contributed by atoms with van der Waals surface area (Å²) in [6.07, 6.45) is 3.95. The van der Waals surface area contributed by atoms with Crippen LogP contribution >= 0.6 is 0 Å². The lowest BCUT2D eigenvalue weighted by molar-refractivity contribution is 0.315. The van der Waals surface area contributed by atoms with Crippen LogP contribution in [0.5, 0.6) is 0 Å². The maximum atomic E-state index is 12.1. The second-order valence-corrected chi connectivity index (χ2v) is 6.49. The van der Waals surface area contributed by atoms with Gasteiger partial charge in [0.25, 0.3) is 0 Å². The number of hydrogen-bond acceptors (Lipinski definition) is 2. The Morgan fingerprint density at radius 3 is 2.52 bits per heavy atom. The predicted molar refractivity (Wildman–Crippen MR) is 86.5 cm³/mol. The average Bonchev–Trinajstić information content (AvgIpc) is 2.99. The molecule has 1 N–H and O–H groups in total. The van der Waals surface area contributed by atoms with Crippen molar-refractivity contribution in [3.63, 3.8) is 0 Å². The zero-order valence-corrected chi connectivity index (χ0v) is 13.4. The standard InChI is InChI=1S/C17H25N3O/c1-11-6-5-7-13(11)16(18-2)12-8-9-14-15(10-12)20(4)17(21)19(14)3/h8-11,13,16,18H,5-7H2,1-4H3. The third-order valence-electron chi connectivity index (χ3n) is 5.32. The van der Waals surface area contributed by atoms with Crippen molar-refractivity contribution in [1.29, 1.82) is 0 Å². The highest BCUT2D eigenvalue weighted by molar-refractivity contribution is 5.77. The predicted octanol–water partition coefficient (Wildman–Crippen LogP) is 2.57. The van der Waals surface area contributed by atoms with E-state index in [1.807, 2.05) is 21.1 Å². The van der Waals surface area contributed by atoms with Crippen LogP contribution in [-0.2, 0) is 14.1 Å². The average molecular weight is 287 g/mol. The van der Waals surface area contributed by atoms with E-state index in [4.69, 9.17) is 0 Å². The molecule has 3 atom stereocenters. The van der Waals surface area contributed by atoms with Gasteiger partial charge in [0.2, 0.25) is 0 Å². The van der Waals surface area contributed by atoms with Crippen LogP contribution < -0.4 is 11.0 Å². The largest absolute Gasteiger partial charge is 0.328 e. The first-order chi connectivity index (χ1) is 10.0. The van der Waals surface area contributed by atoms with Crippen molar-refractivity contribution in [2.45, 2.75) is 32.2 Å². The number of nitrogens with one attached hydrogen (secondary N) is 1. The molecule has 0 spiro atoms. The molecule has 3 rings (SSSR count). The van der Waals surface area contributed by atoms with Crippen LogP contribution in [0.2, 0.25) is 0 Å². The highest BCUT2D eigenvalue weighted by Crippen LogP contribution is 2.40. The van der Waals surface area contributed by atoms with E-state index in [2.05, 4.69) is 30.4 Å². The monoisotopic (exact) mass is 287 g/mol. The molecule has 1 aromatic carbocycles. The molecule has 1 aliphatic rings. The van der Waals surface area contributed by atoms with Crippen molar-refractivity contribution in [3.8, 4) is 0 Å². The van der Waals surface area contributed by atoms with Gasteiger partial charge in [-0.3, -0.25) is 9.13 Å². The molecule has 1 heterocycles. The number of nitrogens with zero attached hydrogens (tertiary/aromatic N) is 2. The summed E-state index contributed by atoms with van der Waals surface area (Å²) in [5.74, 6) is 1.45. The summed E-state index contributed by atoms with van der Waals surface area (Å²) < 4.78 is 3.45. The minimum atomic E-state index is 0.0393. The van der Waals surface area contributed by atoms with Crippen LogP contribution in [0.25, 0.3) is 11.0 Å². The molecular weight excluding hydrogens is 262 g/mol. The van der Waals surface area contributed by atoms with Gasteiger partial charge in [-0.1, -0.05) is 25.8 Å². The maximum Gasteiger partial charge on any atom is 0.328 e. The van der Waals surface area contributed by atoms with Gasteiger partial charge >= 0.3 is 5.69 Å². The third-order valence-corrected chi connectivity index (χ3v) is 5.32. The molecule has 1 fully saturated rings. The zero-order chi connectivity index (χ0) is 15.1. The van der Waals surface area contributed by atoms with E-state index >= 15 is 0 Å². The van der Waals surface area contributed by atoms with E-state index in [0.717, 1.165) is 17.0 Å². The molecule has 0 bridgehead atoms. The minimum absolute atomic E-state index is 0.0393. The molecule has 1 saturated carbocycles. The lowest BCUT2D eigenvalue weighted by Crippen LogP contribution is -2.26. The summed E-state index contributed by atoms with van der Waals surface area (Å²) >= 11 is 0. The SMILES string of the molecule is CNC(c1ccc2c(c1)n(C)c(=O)n2C)C1CCCC1C. The third kappa shape index (κ3) is 2.22. The lowest BCUT2D eigenvalue weighted by Gasteiger charge is -2.27. The maximum absolute atomic E-state index is 12.1. The Kier molecular flexibility index (Phi) is 3.66. The topological polar surface area (TPSA) is 39.0 Å². The Morgan fingerprint density at radius 1 is 1.19 bits per heavy atom. The van der Waals surface area contributed by atoms with Gasteiger partial charge in [-0.15, -0.1) is 0 Å². The molecule has 0 aliphatic heterocycles. The summed E-state index contributed by atoms with van der Waals surface area (Å²) in [6.45, 7) is 2.36. The van der Waals surface area contributed by atoms with Crippen molar-refractivity contribution >= 4 is 11.0 Å². The lowest BCUT2D eigenvalue weighted by atomic mass is 9.86. The molecule has 2 aromatic rings. The molecule has 0 radical (unpaired) electrons. The molecule has 1 aromatic heterocycles. The quantitative estimate of drug-likeness (QED) is 0.942. The minimum Gasteiger partial charge on any atom is -0.313 e. The first kappa shape index (κ1) is 14.4. The Morgan fingerprint density at radius 2 is 1.90 bits per heavy atom. The summed E-state index contributed by atoms with van der Waals surface area (Å²) in [5, 5.41) is 3.50. The van der Waals surface area contributed by atoms with Gasteiger partial charge in [-0.05, 0) is 43.0 Å². The number of rotatable bonds is 3. The van der Waals surface area contributed by atoms with Crippen LogP contribution in [0.15, 0.2) is 23.0 Å². The number of hydrogen-bond donors (Lipinski definition) is 1. The second-order valence-electron chi connectivity index (χ2n) is 6.49. The van der Waals surface area contributed by atoms with E-state index in [1.54, 1.807) is 9.13 Å². The number of benzene rings is 1. The summed E-state index contributed by atoms with van der Waals surface area (Å²) in [6, 6.07) is 6.81. The molecule has 0 saturated heterocycles. The molecule has 0 amide bonds. The normalized spacial score (nSPS) is 23.8. The fraction of sp³-hybridized carbons (Fsp3) is 0.588. The first-order valence-corrected chi connectivity index (χ1v) is 7.87. The van der Waals surface area contributed by atoms with Crippen molar-refractivity contribution in [1.82, 2.24) is 14.5 Å². The van der Waals surface area contributed by atoms with Gasteiger partial charge in [0, 0.05) is 20.1 Å².